The Kier molecular flexibility index (Phi) is 2.78. The van der Waals surface area contributed by atoms with Crippen LogP contribution in [0.25, 0.3) is 11.5 Å². The molecule has 1 aromatic carbocycles. The summed E-state index contributed by atoms with van der Waals surface area (Å²) in [5.41, 5.74) is 7.32. The van der Waals surface area contributed by atoms with E-state index >= 15 is 0 Å². The normalized spacial score (nSPS) is 23.4. The summed E-state index contributed by atoms with van der Waals surface area (Å²) in [4.78, 5) is 4.51. The van der Waals surface area contributed by atoms with Crippen molar-refractivity contribution in [3.63, 3.8) is 0 Å². The molecule has 2 aromatic rings. The Morgan fingerprint density at radius 2 is 2.00 bits per heavy atom. The van der Waals surface area contributed by atoms with Gasteiger partial charge < -0.3 is 10.3 Å². The number of nitrogens with zero attached hydrogens (tertiary/aromatic N) is 2. The number of rotatable bonds is 2. The summed E-state index contributed by atoms with van der Waals surface area (Å²) in [6, 6.07) is 7.50. The van der Waals surface area contributed by atoms with E-state index in [9.17, 15) is 0 Å². The van der Waals surface area contributed by atoms with E-state index in [-0.39, 0.29) is 0 Å². The fraction of sp³-hybridized carbons (Fsp3) is 0.429. The maximum absolute atomic E-state index is 5.66. The fourth-order valence-electron chi connectivity index (χ4n) is 2.59. The van der Waals surface area contributed by atoms with Crippen LogP contribution < -0.4 is 5.73 Å². The van der Waals surface area contributed by atoms with Gasteiger partial charge in [0.2, 0.25) is 0 Å². The van der Waals surface area contributed by atoms with E-state index in [2.05, 4.69) is 17.1 Å². The van der Waals surface area contributed by atoms with E-state index in [4.69, 9.17) is 10.3 Å². The van der Waals surface area contributed by atoms with E-state index in [1.807, 2.05) is 24.3 Å². The highest BCUT2D eigenvalue weighted by Gasteiger charge is 2.26. The van der Waals surface area contributed by atoms with Gasteiger partial charge in [0.25, 0.3) is 5.89 Å². The van der Waals surface area contributed by atoms with E-state index < -0.39 is 0 Å². The monoisotopic (exact) mass is 243 g/mol. The van der Waals surface area contributed by atoms with Crippen molar-refractivity contribution in [1.82, 2.24) is 10.1 Å². The molecule has 0 amide bonds. The van der Waals surface area contributed by atoms with Crippen molar-refractivity contribution >= 4 is 5.69 Å². The summed E-state index contributed by atoms with van der Waals surface area (Å²) < 4.78 is 5.34. The minimum Gasteiger partial charge on any atom is -0.399 e. The molecule has 4 heteroatoms. The molecule has 1 fully saturated rings. The first-order valence-electron chi connectivity index (χ1n) is 6.42. The van der Waals surface area contributed by atoms with E-state index in [0.717, 1.165) is 23.0 Å². The lowest BCUT2D eigenvalue weighted by Gasteiger charge is -2.01. The lowest BCUT2D eigenvalue weighted by molar-refractivity contribution is 0.414. The second-order valence-electron chi connectivity index (χ2n) is 5.19. The molecule has 18 heavy (non-hydrogen) atoms. The van der Waals surface area contributed by atoms with Gasteiger partial charge >= 0.3 is 0 Å². The molecule has 0 radical (unpaired) electrons. The molecular weight excluding hydrogens is 226 g/mol. The first-order valence-corrected chi connectivity index (χ1v) is 6.42. The maximum Gasteiger partial charge on any atom is 0.257 e. The standard InChI is InChI=1S/C14H17N3O/c1-9-2-3-11(8-9)13-16-14(18-17-13)10-4-6-12(15)7-5-10/h4-7,9,11H,2-3,8,15H2,1H3. The molecule has 0 spiro atoms. The number of nitrogens with two attached hydrogens (primary N) is 1. The van der Waals surface area contributed by atoms with E-state index in [1.165, 1.54) is 19.3 Å². The Labute approximate surface area is 106 Å². The van der Waals surface area contributed by atoms with Gasteiger partial charge in [-0.3, -0.25) is 0 Å². The van der Waals surface area contributed by atoms with Gasteiger partial charge in [-0.05, 0) is 49.4 Å². The van der Waals surface area contributed by atoms with Crippen molar-refractivity contribution in [3.05, 3.63) is 30.1 Å². The number of aromatic nitrogens is 2. The van der Waals surface area contributed by atoms with Crippen LogP contribution in [0.3, 0.4) is 0 Å². The van der Waals surface area contributed by atoms with Crippen LogP contribution in [0.4, 0.5) is 5.69 Å². The van der Waals surface area contributed by atoms with Crippen LogP contribution in [-0.2, 0) is 0 Å². The molecule has 0 bridgehead atoms. The Morgan fingerprint density at radius 3 is 2.67 bits per heavy atom. The Morgan fingerprint density at radius 1 is 1.22 bits per heavy atom. The Bertz CT molecular complexity index is 532. The van der Waals surface area contributed by atoms with Crippen LogP contribution in [0.5, 0.6) is 0 Å². The first-order chi connectivity index (χ1) is 8.72. The average Bonchev–Trinajstić information content (AvgIpc) is 2.98. The highest BCUT2D eigenvalue weighted by molar-refractivity contribution is 5.56. The van der Waals surface area contributed by atoms with Crippen molar-refractivity contribution in [2.75, 3.05) is 5.73 Å². The lowest BCUT2D eigenvalue weighted by Crippen LogP contribution is -1.96. The van der Waals surface area contributed by atoms with Crippen LogP contribution in [0.1, 0.15) is 37.9 Å². The largest absolute Gasteiger partial charge is 0.399 e. The van der Waals surface area contributed by atoms with Crippen molar-refractivity contribution in [2.45, 2.75) is 32.1 Å². The molecule has 1 aliphatic carbocycles. The second kappa shape index (κ2) is 4.44. The summed E-state index contributed by atoms with van der Waals surface area (Å²) >= 11 is 0. The number of anilines is 1. The van der Waals surface area contributed by atoms with Gasteiger partial charge in [-0.25, -0.2) is 0 Å². The van der Waals surface area contributed by atoms with Crippen LogP contribution in [0, 0.1) is 5.92 Å². The number of hydrogen-bond donors (Lipinski definition) is 1. The molecule has 1 saturated carbocycles. The lowest BCUT2D eigenvalue weighted by atomic mass is 10.1. The zero-order valence-corrected chi connectivity index (χ0v) is 10.5. The molecule has 2 N–H and O–H groups in total. The summed E-state index contributed by atoms with van der Waals surface area (Å²) in [6.07, 6.45) is 3.60. The molecule has 1 heterocycles. The fourth-order valence-corrected chi connectivity index (χ4v) is 2.59. The minimum absolute atomic E-state index is 0.464. The first kappa shape index (κ1) is 11.3. The van der Waals surface area contributed by atoms with Crippen LogP contribution >= 0.6 is 0 Å². The van der Waals surface area contributed by atoms with E-state index in [0.29, 0.717) is 11.8 Å². The number of hydrogen-bond acceptors (Lipinski definition) is 4. The highest BCUT2D eigenvalue weighted by atomic mass is 16.5. The van der Waals surface area contributed by atoms with Gasteiger partial charge in [0.1, 0.15) is 0 Å². The molecule has 2 atom stereocenters. The van der Waals surface area contributed by atoms with Gasteiger partial charge in [-0.1, -0.05) is 12.1 Å². The summed E-state index contributed by atoms with van der Waals surface area (Å²) in [5.74, 6) is 2.68. The zero-order chi connectivity index (χ0) is 12.5. The SMILES string of the molecule is CC1CCC(c2noc(-c3ccc(N)cc3)n2)C1. The summed E-state index contributed by atoms with van der Waals surface area (Å²) in [6.45, 7) is 2.28. The van der Waals surface area contributed by atoms with Gasteiger partial charge in [0, 0.05) is 17.2 Å². The minimum atomic E-state index is 0.464. The summed E-state index contributed by atoms with van der Waals surface area (Å²) in [7, 11) is 0. The topological polar surface area (TPSA) is 64.9 Å². The molecule has 1 aromatic heterocycles. The molecular formula is C14H17N3O. The average molecular weight is 243 g/mol. The highest BCUT2D eigenvalue weighted by Crippen LogP contribution is 2.37. The predicted octanol–water partition coefficient (Wildman–Crippen LogP) is 3.22. The predicted molar refractivity (Wildman–Crippen MR) is 69.9 cm³/mol. The number of nitrogen functional groups attached to an aromatic ring is 1. The van der Waals surface area contributed by atoms with Crippen molar-refractivity contribution in [2.24, 2.45) is 5.92 Å². The van der Waals surface area contributed by atoms with E-state index in [1.54, 1.807) is 0 Å². The maximum atomic E-state index is 5.66. The molecule has 2 unspecified atom stereocenters. The van der Waals surface area contributed by atoms with Gasteiger partial charge in [-0.2, -0.15) is 4.98 Å². The van der Waals surface area contributed by atoms with Gasteiger partial charge in [0.05, 0.1) is 0 Å². The van der Waals surface area contributed by atoms with Crippen LogP contribution in [-0.4, -0.2) is 10.1 Å². The third kappa shape index (κ3) is 2.10. The van der Waals surface area contributed by atoms with Crippen LogP contribution in [0.15, 0.2) is 28.8 Å². The third-order valence-corrected chi connectivity index (χ3v) is 3.66. The molecule has 0 saturated heterocycles. The molecule has 3 rings (SSSR count). The second-order valence-corrected chi connectivity index (χ2v) is 5.19. The number of benzene rings is 1. The van der Waals surface area contributed by atoms with Gasteiger partial charge in [0.15, 0.2) is 5.82 Å². The molecule has 4 nitrogen and oxygen atoms in total. The quantitative estimate of drug-likeness (QED) is 0.822. The summed E-state index contributed by atoms with van der Waals surface area (Å²) in [5, 5.41) is 4.11. The molecule has 1 aliphatic rings. The van der Waals surface area contributed by atoms with Crippen molar-refractivity contribution < 1.29 is 4.52 Å². The van der Waals surface area contributed by atoms with Gasteiger partial charge in [-0.15, -0.1) is 0 Å². The third-order valence-electron chi connectivity index (χ3n) is 3.66. The molecule has 0 aliphatic heterocycles. The van der Waals surface area contributed by atoms with Crippen molar-refractivity contribution in [1.29, 1.82) is 0 Å². The Balaban J connectivity index is 1.83. The molecule has 94 valence electrons. The zero-order valence-electron chi connectivity index (χ0n) is 10.5. The van der Waals surface area contributed by atoms with Crippen molar-refractivity contribution in [3.8, 4) is 11.5 Å². The smallest absolute Gasteiger partial charge is 0.257 e. The van der Waals surface area contributed by atoms with Crippen LogP contribution in [0.2, 0.25) is 0 Å². The Hall–Kier alpha value is -1.84.